The number of fused-ring (bicyclic) bond motifs is 1. The fraction of sp³-hybridized carbons (Fsp3) is 0.300. The third kappa shape index (κ3) is 3.98. The summed E-state index contributed by atoms with van der Waals surface area (Å²) in [4.78, 5) is 19.7. The topological polar surface area (TPSA) is 101 Å². The van der Waals surface area contributed by atoms with Crippen molar-refractivity contribution in [3.05, 3.63) is 69.1 Å². The van der Waals surface area contributed by atoms with Crippen molar-refractivity contribution in [2.45, 2.75) is 25.2 Å². The maximum atomic E-state index is 12.3. The van der Waals surface area contributed by atoms with Gasteiger partial charge in [-0.15, -0.1) is 12.4 Å². The zero-order chi connectivity index (χ0) is 19.8. The molecule has 0 aliphatic carbocycles. The second kappa shape index (κ2) is 8.59. The molecule has 1 fully saturated rings. The average Bonchev–Trinajstić information content (AvgIpc) is 3.35. The van der Waals surface area contributed by atoms with E-state index in [1.165, 1.54) is 0 Å². The first-order valence-corrected chi connectivity index (χ1v) is 9.94. The molecule has 0 saturated carbocycles. The van der Waals surface area contributed by atoms with E-state index < -0.39 is 0 Å². The predicted molar refractivity (Wildman–Crippen MR) is 115 cm³/mol. The molecule has 0 bridgehead atoms. The molecule has 0 spiro atoms. The number of nitrogens with zero attached hydrogens (tertiary/aromatic N) is 4. The van der Waals surface area contributed by atoms with E-state index in [1.54, 1.807) is 16.8 Å². The number of H-pyrrole nitrogens is 1. The molecule has 156 valence electrons. The number of aromatic nitrogens is 5. The summed E-state index contributed by atoms with van der Waals surface area (Å²) in [5.74, 6) is 1.16. The first kappa shape index (κ1) is 20.6. The van der Waals surface area contributed by atoms with Gasteiger partial charge in [0.1, 0.15) is 5.65 Å². The van der Waals surface area contributed by atoms with E-state index in [-0.39, 0.29) is 23.9 Å². The largest absolute Gasteiger partial charge is 0.339 e. The lowest BCUT2D eigenvalue weighted by Crippen LogP contribution is -2.28. The highest BCUT2D eigenvalue weighted by Gasteiger charge is 2.22. The van der Waals surface area contributed by atoms with Crippen molar-refractivity contribution in [3.63, 3.8) is 0 Å². The molecular weight excluding hydrogens is 427 g/mol. The predicted octanol–water partition coefficient (Wildman–Crippen LogP) is 3.21. The Morgan fingerprint density at radius 1 is 1.23 bits per heavy atom. The second-order valence-corrected chi connectivity index (χ2v) is 7.66. The zero-order valence-corrected chi connectivity index (χ0v) is 17.5. The number of benzene rings is 1. The zero-order valence-electron chi connectivity index (χ0n) is 16.0. The van der Waals surface area contributed by atoms with Gasteiger partial charge in [0.15, 0.2) is 0 Å². The van der Waals surface area contributed by atoms with Crippen molar-refractivity contribution in [2.24, 2.45) is 0 Å². The molecule has 8 nitrogen and oxygen atoms in total. The number of nitrogens with one attached hydrogen (secondary N) is 2. The molecule has 5 rings (SSSR count). The van der Waals surface area contributed by atoms with Crippen molar-refractivity contribution in [1.29, 1.82) is 0 Å². The summed E-state index contributed by atoms with van der Waals surface area (Å²) in [6, 6.07) is 9.16. The number of piperidine rings is 1. The fourth-order valence-electron chi connectivity index (χ4n) is 3.84. The Hall–Kier alpha value is -2.68. The molecule has 1 aliphatic rings. The van der Waals surface area contributed by atoms with Crippen LogP contribution in [0.1, 0.15) is 35.9 Å². The van der Waals surface area contributed by atoms with E-state index in [0.717, 1.165) is 37.2 Å². The molecule has 4 heterocycles. The highest BCUT2D eigenvalue weighted by molar-refractivity contribution is 6.30. The van der Waals surface area contributed by atoms with Crippen LogP contribution in [0.4, 0.5) is 0 Å². The quantitative estimate of drug-likeness (QED) is 0.498. The lowest BCUT2D eigenvalue weighted by Gasteiger charge is -2.23. The Kier molecular flexibility index (Phi) is 5.90. The van der Waals surface area contributed by atoms with Crippen LogP contribution in [0.15, 0.2) is 45.8 Å². The van der Waals surface area contributed by atoms with Gasteiger partial charge in [0.2, 0.25) is 11.7 Å². The maximum absolute atomic E-state index is 12.3. The first-order chi connectivity index (χ1) is 14.2. The van der Waals surface area contributed by atoms with Gasteiger partial charge in [0, 0.05) is 17.0 Å². The summed E-state index contributed by atoms with van der Waals surface area (Å²) in [6.45, 7) is 1.87. The third-order valence-electron chi connectivity index (χ3n) is 5.25. The molecule has 30 heavy (non-hydrogen) atoms. The smallest absolute Gasteiger partial charge is 0.251 e. The van der Waals surface area contributed by atoms with Crippen LogP contribution in [-0.4, -0.2) is 37.8 Å². The van der Waals surface area contributed by atoms with Gasteiger partial charge in [-0.2, -0.15) is 10.1 Å². The highest BCUT2D eigenvalue weighted by atomic mass is 35.5. The molecule has 3 aromatic heterocycles. The number of hydrogen-bond donors (Lipinski definition) is 2. The SMILES string of the molecule is Cl.O=c1cc(C2CCNCC2)n2ncc(-c3noc(Cc4cccc(Cl)c4)n3)c2[nH]1. The standard InChI is InChI=1S/C20H19ClN6O2.ClH/c21-14-3-1-2-12(8-14)9-18-25-19(26-29-18)15-11-23-27-16(10-17(28)24-20(15)27)13-4-6-22-7-5-13;/h1-3,8,10-11,13,22H,4-7,9H2,(H,24,28);1H. The van der Waals surface area contributed by atoms with E-state index in [2.05, 4.69) is 25.5 Å². The van der Waals surface area contributed by atoms with Gasteiger partial charge in [-0.05, 0) is 43.6 Å². The van der Waals surface area contributed by atoms with E-state index in [9.17, 15) is 4.79 Å². The minimum atomic E-state index is -0.157. The number of halogens is 2. The van der Waals surface area contributed by atoms with E-state index in [1.807, 2.05) is 24.3 Å². The summed E-state index contributed by atoms with van der Waals surface area (Å²) in [5.41, 5.74) is 2.96. The third-order valence-corrected chi connectivity index (χ3v) is 5.48. The van der Waals surface area contributed by atoms with Crippen molar-refractivity contribution < 1.29 is 4.52 Å². The van der Waals surface area contributed by atoms with Gasteiger partial charge in [0.05, 0.1) is 23.9 Å². The molecule has 1 aromatic carbocycles. The van der Waals surface area contributed by atoms with Crippen LogP contribution < -0.4 is 10.9 Å². The molecule has 10 heteroatoms. The molecule has 4 aromatic rings. The van der Waals surface area contributed by atoms with Crippen LogP contribution >= 0.6 is 24.0 Å². The molecule has 2 N–H and O–H groups in total. The van der Waals surface area contributed by atoms with Gasteiger partial charge >= 0.3 is 0 Å². The van der Waals surface area contributed by atoms with Gasteiger partial charge in [-0.25, -0.2) is 4.52 Å². The van der Waals surface area contributed by atoms with Gasteiger partial charge in [0.25, 0.3) is 5.56 Å². The van der Waals surface area contributed by atoms with Gasteiger partial charge in [-0.3, -0.25) is 4.79 Å². The molecule has 0 unspecified atom stereocenters. The monoisotopic (exact) mass is 446 g/mol. The van der Waals surface area contributed by atoms with Gasteiger partial charge < -0.3 is 14.8 Å². The Morgan fingerprint density at radius 3 is 2.87 bits per heavy atom. The Balaban J connectivity index is 0.00000218. The van der Waals surface area contributed by atoms with Gasteiger partial charge in [-0.1, -0.05) is 28.9 Å². The molecule has 0 amide bonds. The molecule has 1 aliphatic heterocycles. The minimum Gasteiger partial charge on any atom is -0.339 e. The van der Waals surface area contributed by atoms with Crippen molar-refractivity contribution in [2.75, 3.05) is 13.1 Å². The maximum Gasteiger partial charge on any atom is 0.251 e. The normalized spacial score (nSPS) is 14.7. The van der Waals surface area contributed by atoms with Crippen LogP contribution in [0.2, 0.25) is 5.02 Å². The molecule has 0 atom stereocenters. The van der Waals surface area contributed by atoms with E-state index in [0.29, 0.717) is 34.4 Å². The summed E-state index contributed by atoms with van der Waals surface area (Å²) in [5, 5.41) is 12.6. The van der Waals surface area contributed by atoms with Crippen molar-refractivity contribution >= 4 is 29.7 Å². The average molecular weight is 447 g/mol. The Bertz CT molecular complexity index is 1230. The Labute approximate surface area is 183 Å². The fourth-order valence-corrected chi connectivity index (χ4v) is 4.06. The van der Waals surface area contributed by atoms with Crippen molar-refractivity contribution in [3.8, 4) is 11.4 Å². The lowest BCUT2D eigenvalue weighted by molar-refractivity contribution is 0.386. The first-order valence-electron chi connectivity index (χ1n) is 9.56. The summed E-state index contributed by atoms with van der Waals surface area (Å²) in [7, 11) is 0. The number of hydrogen-bond acceptors (Lipinski definition) is 6. The van der Waals surface area contributed by atoms with Crippen LogP contribution in [0.3, 0.4) is 0 Å². The second-order valence-electron chi connectivity index (χ2n) is 7.22. The summed E-state index contributed by atoms with van der Waals surface area (Å²) in [6.07, 6.45) is 4.09. The van der Waals surface area contributed by atoms with Crippen LogP contribution in [0.25, 0.3) is 17.0 Å². The number of rotatable bonds is 4. The van der Waals surface area contributed by atoms with Crippen LogP contribution in [-0.2, 0) is 6.42 Å². The Morgan fingerprint density at radius 2 is 2.07 bits per heavy atom. The molecule has 0 radical (unpaired) electrons. The van der Waals surface area contributed by atoms with Crippen LogP contribution in [0, 0.1) is 0 Å². The van der Waals surface area contributed by atoms with Crippen LogP contribution in [0.5, 0.6) is 0 Å². The summed E-state index contributed by atoms with van der Waals surface area (Å²) < 4.78 is 7.21. The van der Waals surface area contributed by atoms with E-state index >= 15 is 0 Å². The lowest BCUT2D eigenvalue weighted by atomic mass is 9.94. The number of aromatic amines is 1. The van der Waals surface area contributed by atoms with Crippen molar-refractivity contribution in [1.82, 2.24) is 30.1 Å². The molecular formula is C20H20Cl2N6O2. The summed E-state index contributed by atoms with van der Waals surface area (Å²) >= 11 is 6.04. The highest BCUT2D eigenvalue weighted by Crippen LogP contribution is 2.27. The van der Waals surface area contributed by atoms with E-state index in [4.69, 9.17) is 16.1 Å². The molecule has 1 saturated heterocycles. The minimum absolute atomic E-state index is 0.